The van der Waals surface area contributed by atoms with Gasteiger partial charge in [-0.05, 0) is 25.1 Å². The largest absolute Gasteiger partial charge is 0.362 e. The Morgan fingerprint density at radius 2 is 1.87 bits per heavy atom. The van der Waals surface area contributed by atoms with Gasteiger partial charge in [0, 0.05) is 23.3 Å². The molecule has 6 nitrogen and oxygen atoms in total. The Hall–Kier alpha value is -2.73. The molecule has 1 saturated heterocycles. The fraction of sp³-hybridized carbons (Fsp3) is 0.235. The number of fused-ring (bicyclic) bond motifs is 3. The molecule has 0 saturated carbocycles. The molecular weight excluding hydrogens is 296 g/mol. The van der Waals surface area contributed by atoms with Crippen molar-refractivity contribution in [3.05, 3.63) is 69.8 Å². The maximum atomic E-state index is 12.9. The van der Waals surface area contributed by atoms with Crippen LogP contribution in [0.4, 0.5) is 11.4 Å². The Bertz CT molecular complexity index is 802. The SMILES string of the molecule is C[C@H]1[C@@H]2O[C@@H]2c2ccccc2N1C(=O)c1ccc([N+](=O)[O-])cc1. The lowest BCUT2D eigenvalue weighted by Crippen LogP contribution is -2.44. The van der Waals surface area contributed by atoms with E-state index in [2.05, 4.69) is 0 Å². The summed E-state index contributed by atoms with van der Waals surface area (Å²) in [6, 6.07) is 13.3. The predicted octanol–water partition coefficient (Wildman–Crippen LogP) is 3.08. The Morgan fingerprint density at radius 3 is 2.57 bits per heavy atom. The van der Waals surface area contributed by atoms with Crippen LogP contribution in [0.1, 0.15) is 28.9 Å². The van der Waals surface area contributed by atoms with E-state index < -0.39 is 4.92 Å². The number of nitro benzene ring substituents is 1. The van der Waals surface area contributed by atoms with Crippen LogP contribution < -0.4 is 4.90 Å². The van der Waals surface area contributed by atoms with E-state index in [1.54, 1.807) is 4.90 Å². The average molecular weight is 310 g/mol. The van der Waals surface area contributed by atoms with Gasteiger partial charge in [0.05, 0.1) is 16.7 Å². The summed E-state index contributed by atoms with van der Waals surface area (Å²) in [6.45, 7) is 1.96. The standard InChI is InChI=1S/C17H14N2O4/c1-10-15-16(23-15)13-4-2-3-5-14(13)18(10)17(20)11-6-8-12(9-7-11)19(21)22/h2-10,15-16H,1H3/t10-,15-,16+/m0/s1. The van der Waals surface area contributed by atoms with E-state index in [1.165, 1.54) is 24.3 Å². The summed E-state index contributed by atoms with van der Waals surface area (Å²) < 4.78 is 5.70. The second-order valence-corrected chi connectivity index (χ2v) is 5.80. The van der Waals surface area contributed by atoms with Crippen LogP contribution in [0.2, 0.25) is 0 Å². The Balaban J connectivity index is 1.72. The van der Waals surface area contributed by atoms with Gasteiger partial charge in [0.15, 0.2) is 0 Å². The Labute approximate surface area is 132 Å². The van der Waals surface area contributed by atoms with E-state index in [-0.39, 0.29) is 29.8 Å². The van der Waals surface area contributed by atoms with Crippen LogP contribution in [0.3, 0.4) is 0 Å². The molecule has 23 heavy (non-hydrogen) atoms. The number of anilines is 1. The summed E-state index contributed by atoms with van der Waals surface area (Å²) in [5, 5.41) is 10.7. The highest BCUT2D eigenvalue weighted by atomic mass is 16.6. The summed E-state index contributed by atoms with van der Waals surface area (Å²) in [4.78, 5) is 24.9. The molecule has 0 bridgehead atoms. The average Bonchev–Trinajstić information content (AvgIpc) is 3.36. The molecule has 116 valence electrons. The number of nitrogens with zero attached hydrogens (tertiary/aromatic N) is 2. The van der Waals surface area contributed by atoms with Crippen LogP contribution >= 0.6 is 0 Å². The molecule has 6 heteroatoms. The lowest BCUT2D eigenvalue weighted by molar-refractivity contribution is -0.384. The number of rotatable bonds is 2. The summed E-state index contributed by atoms with van der Waals surface area (Å²) in [6.07, 6.45) is 0.0917. The molecule has 2 aromatic carbocycles. The summed E-state index contributed by atoms with van der Waals surface area (Å²) in [7, 11) is 0. The van der Waals surface area contributed by atoms with Crippen molar-refractivity contribution in [2.75, 3.05) is 4.90 Å². The van der Waals surface area contributed by atoms with Gasteiger partial charge in [0.1, 0.15) is 12.2 Å². The topological polar surface area (TPSA) is 76.0 Å². The van der Waals surface area contributed by atoms with Gasteiger partial charge in [-0.3, -0.25) is 14.9 Å². The minimum atomic E-state index is -0.476. The van der Waals surface area contributed by atoms with Gasteiger partial charge in [-0.25, -0.2) is 0 Å². The second kappa shape index (κ2) is 4.89. The highest BCUT2D eigenvalue weighted by molar-refractivity contribution is 6.07. The van der Waals surface area contributed by atoms with E-state index in [1.807, 2.05) is 31.2 Å². The first kappa shape index (κ1) is 13.9. The van der Waals surface area contributed by atoms with Crippen molar-refractivity contribution in [2.45, 2.75) is 25.2 Å². The number of carbonyl (C=O) groups excluding carboxylic acids is 1. The molecule has 2 aliphatic rings. The highest BCUT2D eigenvalue weighted by Gasteiger charge is 2.52. The zero-order valence-electron chi connectivity index (χ0n) is 12.4. The van der Waals surface area contributed by atoms with Crippen LogP contribution in [0.25, 0.3) is 0 Å². The number of epoxide rings is 1. The first-order valence-corrected chi connectivity index (χ1v) is 7.40. The van der Waals surface area contributed by atoms with E-state index in [0.29, 0.717) is 5.56 Å². The lowest BCUT2D eigenvalue weighted by atomic mass is 9.95. The minimum absolute atomic E-state index is 0.0203. The highest BCUT2D eigenvalue weighted by Crippen LogP contribution is 2.51. The maximum absolute atomic E-state index is 12.9. The number of ether oxygens (including phenoxy) is 1. The van der Waals surface area contributed by atoms with Crippen LogP contribution in [0, 0.1) is 10.1 Å². The fourth-order valence-electron chi connectivity index (χ4n) is 3.21. The number of benzene rings is 2. The number of nitro groups is 1. The number of non-ortho nitro benzene ring substituents is 1. The van der Waals surface area contributed by atoms with Crippen molar-refractivity contribution in [3.63, 3.8) is 0 Å². The first-order chi connectivity index (χ1) is 11.1. The molecule has 0 aliphatic carbocycles. The van der Waals surface area contributed by atoms with Gasteiger partial charge in [0.2, 0.25) is 0 Å². The van der Waals surface area contributed by atoms with Gasteiger partial charge in [-0.15, -0.1) is 0 Å². The van der Waals surface area contributed by atoms with E-state index in [4.69, 9.17) is 4.74 Å². The maximum Gasteiger partial charge on any atom is 0.269 e. The summed E-state index contributed by atoms with van der Waals surface area (Å²) >= 11 is 0. The summed E-state index contributed by atoms with van der Waals surface area (Å²) in [5.41, 5.74) is 2.27. The quantitative estimate of drug-likeness (QED) is 0.485. The molecule has 0 aromatic heterocycles. The third kappa shape index (κ3) is 2.10. The third-order valence-corrected chi connectivity index (χ3v) is 4.45. The Kier molecular flexibility index (Phi) is 2.96. The predicted molar refractivity (Wildman–Crippen MR) is 83.4 cm³/mol. The van der Waals surface area contributed by atoms with Gasteiger partial charge < -0.3 is 9.64 Å². The number of hydrogen-bond donors (Lipinski definition) is 0. The first-order valence-electron chi connectivity index (χ1n) is 7.40. The zero-order valence-corrected chi connectivity index (χ0v) is 12.4. The van der Waals surface area contributed by atoms with Crippen molar-refractivity contribution in [2.24, 2.45) is 0 Å². The Morgan fingerprint density at radius 1 is 1.17 bits per heavy atom. The van der Waals surface area contributed by atoms with Gasteiger partial charge in [0.25, 0.3) is 11.6 Å². The molecule has 4 rings (SSSR count). The number of para-hydroxylation sites is 1. The molecular formula is C17H14N2O4. The van der Waals surface area contributed by atoms with Crippen LogP contribution in [0.5, 0.6) is 0 Å². The molecule has 3 atom stereocenters. The molecule has 2 aromatic rings. The van der Waals surface area contributed by atoms with Crippen LogP contribution in [0.15, 0.2) is 48.5 Å². The molecule has 0 N–H and O–H groups in total. The number of hydrogen-bond acceptors (Lipinski definition) is 4. The van der Waals surface area contributed by atoms with E-state index in [0.717, 1.165) is 11.3 Å². The molecule has 0 unspecified atom stereocenters. The molecule has 2 heterocycles. The van der Waals surface area contributed by atoms with E-state index >= 15 is 0 Å². The number of amides is 1. The minimum Gasteiger partial charge on any atom is -0.362 e. The van der Waals surface area contributed by atoms with E-state index in [9.17, 15) is 14.9 Å². The van der Waals surface area contributed by atoms with Gasteiger partial charge in [-0.1, -0.05) is 18.2 Å². The molecule has 1 amide bonds. The van der Waals surface area contributed by atoms with Gasteiger partial charge in [-0.2, -0.15) is 0 Å². The molecule has 2 aliphatic heterocycles. The molecule has 0 radical (unpaired) electrons. The van der Waals surface area contributed by atoms with Crippen LogP contribution in [-0.2, 0) is 4.74 Å². The normalized spacial score (nSPS) is 24.6. The zero-order chi connectivity index (χ0) is 16.1. The number of carbonyl (C=O) groups is 1. The third-order valence-electron chi connectivity index (χ3n) is 4.45. The lowest BCUT2D eigenvalue weighted by Gasteiger charge is -2.33. The molecule has 0 spiro atoms. The van der Waals surface area contributed by atoms with Crippen molar-refractivity contribution >= 4 is 17.3 Å². The van der Waals surface area contributed by atoms with Crippen molar-refractivity contribution in [1.82, 2.24) is 0 Å². The van der Waals surface area contributed by atoms with Crippen molar-refractivity contribution in [3.8, 4) is 0 Å². The second-order valence-electron chi connectivity index (χ2n) is 5.80. The summed E-state index contributed by atoms with van der Waals surface area (Å²) in [5.74, 6) is -0.172. The molecule has 1 fully saturated rings. The smallest absolute Gasteiger partial charge is 0.269 e. The van der Waals surface area contributed by atoms with Crippen LogP contribution in [-0.4, -0.2) is 23.0 Å². The van der Waals surface area contributed by atoms with Crippen molar-refractivity contribution < 1.29 is 14.5 Å². The van der Waals surface area contributed by atoms with Gasteiger partial charge >= 0.3 is 0 Å². The fourth-order valence-corrected chi connectivity index (χ4v) is 3.21. The monoisotopic (exact) mass is 310 g/mol. The van der Waals surface area contributed by atoms with Crippen molar-refractivity contribution in [1.29, 1.82) is 0 Å².